The van der Waals surface area contributed by atoms with Crippen molar-refractivity contribution in [1.82, 2.24) is 19.6 Å². The van der Waals surface area contributed by atoms with Crippen LogP contribution in [-0.2, 0) is 13.6 Å². The third-order valence-electron chi connectivity index (χ3n) is 4.42. The topological polar surface area (TPSA) is 107 Å². The maximum Gasteiger partial charge on any atom is 0.292 e. The summed E-state index contributed by atoms with van der Waals surface area (Å²) in [6, 6.07) is 12.8. The number of rotatable bonds is 6. The van der Waals surface area contributed by atoms with Gasteiger partial charge < -0.3 is 15.1 Å². The van der Waals surface area contributed by atoms with Crippen LogP contribution in [-0.4, -0.2) is 31.4 Å². The standard InChI is InChI=1S/C21H20N6O3/c1-14-5-3-6-15(9-14)12-27-13-16(11-22-27)23-20(28)17-10-19(26(2)25-17)24-21(29)18-7-4-8-30-18/h3-11,13H,12H2,1-2H3,(H,23,28)(H,24,29). The van der Waals surface area contributed by atoms with Gasteiger partial charge in [0, 0.05) is 19.3 Å². The van der Waals surface area contributed by atoms with Crippen LogP contribution in [0.2, 0.25) is 0 Å². The first-order chi connectivity index (χ1) is 14.5. The number of furan rings is 1. The molecular formula is C21H20N6O3. The van der Waals surface area contributed by atoms with Crippen molar-refractivity contribution in [1.29, 1.82) is 0 Å². The molecule has 3 heterocycles. The first-order valence-corrected chi connectivity index (χ1v) is 9.26. The lowest BCUT2D eigenvalue weighted by molar-refractivity contribution is 0.0993. The van der Waals surface area contributed by atoms with Crippen LogP contribution in [0.15, 0.2) is 65.5 Å². The normalized spacial score (nSPS) is 10.7. The van der Waals surface area contributed by atoms with Crippen LogP contribution in [0.1, 0.15) is 32.2 Å². The van der Waals surface area contributed by atoms with E-state index in [1.807, 2.05) is 25.1 Å². The Balaban J connectivity index is 1.41. The highest BCUT2D eigenvalue weighted by molar-refractivity contribution is 6.05. The van der Waals surface area contributed by atoms with Crippen LogP contribution in [0.5, 0.6) is 0 Å². The quantitative estimate of drug-likeness (QED) is 0.514. The van der Waals surface area contributed by atoms with Gasteiger partial charge in [-0.2, -0.15) is 10.2 Å². The van der Waals surface area contributed by atoms with E-state index in [0.29, 0.717) is 18.1 Å². The van der Waals surface area contributed by atoms with Crippen molar-refractivity contribution in [2.75, 3.05) is 10.6 Å². The Morgan fingerprint density at radius 2 is 1.97 bits per heavy atom. The molecule has 9 nitrogen and oxygen atoms in total. The molecule has 152 valence electrons. The third kappa shape index (κ3) is 4.30. The zero-order valence-corrected chi connectivity index (χ0v) is 16.5. The van der Waals surface area contributed by atoms with E-state index in [-0.39, 0.29) is 11.5 Å². The fourth-order valence-electron chi connectivity index (χ4n) is 2.99. The number of hydrogen-bond donors (Lipinski definition) is 2. The zero-order chi connectivity index (χ0) is 21.1. The van der Waals surface area contributed by atoms with Gasteiger partial charge in [0.15, 0.2) is 11.5 Å². The summed E-state index contributed by atoms with van der Waals surface area (Å²) < 4.78 is 8.22. The Hall–Kier alpha value is -4.14. The Kier molecular flexibility index (Phi) is 5.17. The van der Waals surface area contributed by atoms with Gasteiger partial charge in [-0.3, -0.25) is 19.0 Å². The average Bonchev–Trinajstić information content (AvgIpc) is 3.44. The number of anilines is 2. The molecule has 0 spiro atoms. The molecule has 0 saturated carbocycles. The lowest BCUT2D eigenvalue weighted by Gasteiger charge is -2.03. The third-order valence-corrected chi connectivity index (χ3v) is 4.42. The SMILES string of the molecule is Cc1cccc(Cn2cc(NC(=O)c3cc(NC(=O)c4ccco4)n(C)n3)cn2)c1. The van der Waals surface area contributed by atoms with E-state index in [4.69, 9.17) is 4.42 Å². The van der Waals surface area contributed by atoms with Gasteiger partial charge in [-0.15, -0.1) is 0 Å². The molecule has 3 aromatic heterocycles. The molecule has 0 aliphatic rings. The molecule has 0 aliphatic heterocycles. The summed E-state index contributed by atoms with van der Waals surface area (Å²) in [5, 5.41) is 13.9. The van der Waals surface area contributed by atoms with Gasteiger partial charge in [-0.05, 0) is 24.6 Å². The van der Waals surface area contributed by atoms with E-state index in [0.717, 1.165) is 5.56 Å². The predicted octanol–water partition coefficient (Wildman–Crippen LogP) is 3.07. The first-order valence-electron chi connectivity index (χ1n) is 9.26. The summed E-state index contributed by atoms with van der Waals surface area (Å²) in [6.45, 7) is 2.64. The molecule has 4 rings (SSSR count). The van der Waals surface area contributed by atoms with Gasteiger partial charge in [0.05, 0.1) is 24.7 Å². The number of amides is 2. The summed E-state index contributed by atoms with van der Waals surface area (Å²) >= 11 is 0. The molecular weight excluding hydrogens is 384 g/mol. The van der Waals surface area contributed by atoms with Crippen molar-refractivity contribution in [3.05, 3.63) is 83.7 Å². The van der Waals surface area contributed by atoms with Gasteiger partial charge in [0.25, 0.3) is 11.8 Å². The highest BCUT2D eigenvalue weighted by atomic mass is 16.3. The van der Waals surface area contributed by atoms with Crippen molar-refractivity contribution in [2.24, 2.45) is 7.05 Å². The monoisotopic (exact) mass is 404 g/mol. The van der Waals surface area contributed by atoms with E-state index >= 15 is 0 Å². The molecule has 0 radical (unpaired) electrons. The lowest BCUT2D eigenvalue weighted by atomic mass is 10.1. The maximum absolute atomic E-state index is 12.6. The van der Waals surface area contributed by atoms with Crippen molar-refractivity contribution in [3.8, 4) is 0 Å². The lowest BCUT2D eigenvalue weighted by Crippen LogP contribution is -2.13. The summed E-state index contributed by atoms with van der Waals surface area (Å²) in [7, 11) is 1.63. The smallest absolute Gasteiger partial charge is 0.292 e. The molecule has 0 unspecified atom stereocenters. The van der Waals surface area contributed by atoms with Gasteiger partial charge in [0.1, 0.15) is 5.82 Å². The van der Waals surface area contributed by atoms with Crippen LogP contribution >= 0.6 is 0 Å². The summed E-state index contributed by atoms with van der Waals surface area (Å²) in [6.07, 6.45) is 4.75. The molecule has 9 heteroatoms. The highest BCUT2D eigenvalue weighted by Crippen LogP contribution is 2.14. The number of carbonyl (C=O) groups is 2. The molecule has 2 amide bonds. The Morgan fingerprint density at radius 1 is 1.10 bits per heavy atom. The number of aryl methyl sites for hydroxylation is 2. The molecule has 0 aliphatic carbocycles. The minimum atomic E-state index is -0.424. The summed E-state index contributed by atoms with van der Waals surface area (Å²) in [4.78, 5) is 24.7. The number of nitrogens with zero attached hydrogens (tertiary/aromatic N) is 4. The Morgan fingerprint density at radius 3 is 2.73 bits per heavy atom. The molecule has 0 atom stereocenters. The van der Waals surface area contributed by atoms with Gasteiger partial charge >= 0.3 is 0 Å². The zero-order valence-electron chi connectivity index (χ0n) is 16.5. The number of hydrogen-bond acceptors (Lipinski definition) is 5. The fourth-order valence-corrected chi connectivity index (χ4v) is 2.99. The Bertz CT molecular complexity index is 1190. The van der Waals surface area contributed by atoms with Crippen LogP contribution < -0.4 is 10.6 Å². The van der Waals surface area contributed by atoms with Crippen molar-refractivity contribution in [2.45, 2.75) is 13.5 Å². The van der Waals surface area contributed by atoms with E-state index in [9.17, 15) is 9.59 Å². The molecule has 2 N–H and O–H groups in total. The predicted molar refractivity (Wildman–Crippen MR) is 110 cm³/mol. The van der Waals surface area contributed by atoms with E-state index in [2.05, 4.69) is 26.9 Å². The van der Waals surface area contributed by atoms with E-state index in [1.165, 1.54) is 22.6 Å². The second-order valence-electron chi connectivity index (χ2n) is 6.84. The molecule has 30 heavy (non-hydrogen) atoms. The van der Waals surface area contributed by atoms with Crippen LogP contribution in [0.4, 0.5) is 11.5 Å². The first kappa shape index (κ1) is 19.2. The van der Waals surface area contributed by atoms with Crippen LogP contribution in [0.3, 0.4) is 0 Å². The van der Waals surface area contributed by atoms with Gasteiger partial charge in [0.2, 0.25) is 0 Å². The number of carbonyl (C=O) groups excluding carboxylic acids is 2. The fraction of sp³-hybridized carbons (Fsp3) is 0.143. The van der Waals surface area contributed by atoms with Crippen molar-refractivity contribution in [3.63, 3.8) is 0 Å². The van der Waals surface area contributed by atoms with Gasteiger partial charge in [-0.1, -0.05) is 29.8 Å². The second kappa shape index (κ2) is 8.08. The molecule has 0 fully saturated rings. The van der Waals surface area contributed by atoms with Crippen molar-refractivity contribution < 1.29 is 14.0 Å². The number of nitrogens with one attached hydrogen (secondary N) is 2. The second-order valence-corrected chi connectivity index (χ2v) is 6.84. The molecule has 1 aromatic carbocycles. The van der Waals surface area contributed by atoms with E-state index < -0.39 is 11.8 Å². The minimum Gasteiger partial charge on any atom is -0.459 e. The number of benzene rings is 1. The molecule has 0 bridgehead atoms. The maximum atomic E-state index is 12.6. The average molecular weight is 404 g/mol. The van der Waals surface area contributed by atoms with Crippen LogP contribution in [0, 0.1) is 6.92 Å². The summed E-state index contributed by atoms with van der Waals surface area (Å²) in [5.74, 6) is -0.286. The largest absolute Gasteiger partial charge is 0.459 e. The number of aromatic nitrogens is 4. The summed E-state index contributed by atoms with van der Waals surface area (Å²) in [5.41, 5.74) is 3.02. The van der Waals surface area contributed by atoms with Crippen molar-refractivity contribution >= 4 is 23.3 Å². The van der Waals surface area contributed by atoms with Gasteiger partial charge in [-0.25, -0.2) is 0 Å². The highest BCUT2D eigenvalue weighted by Gasteiger charge is 2.17. The Labute approximate surface area is 172 Å². The molecule has 0 saturated heterocycles. The van der Waals surface area contributed by atoms with Crippen LogP contribution in [0.25, 0.3) is 0 Å². The van der Waals surface area contributed by atoms with E-state index in [1.54, 1.807) is 36.3 Å². The minimum absolute atomic E-state index is 0.165. The molecule has 4 aromatic rings.